The summed E-state index contributed by atoms with van der Waals surface area (Å²) in [5.74, 6) is 1.34. The third-order valence-corrected chi connectivity index (χ3v) is 6.04. The SMILES string of the molecule is COc1cc(-c2cc(CCNS(=O)O)cc3nc(C4CCCC4)oc23)cn(C)c1=O. The average Bonchev–Trinajstić information content (AvgIpc) is 3.38. The first-order valence-corrected chi connectivity index (χ1v) is 11.1. The molecule has 1 aromatic carbocycles. The maximum atomic E-state index is 12.2. The Morgan fingerprint density at radius 2 is 2.10 bits per heavy atom. The average molecular weight is 432 g/mol. The quantitative estimate of drug-likeness (QED) is 0.557. The number of benzene rings is 1. The lowest BCUT2D eigenvalue weighted by Gasteiger charge is -2.10. The van der Waals surface area contributed by atoms with Crippen molar-refractivity contribution in [2.45, 2.75) is 38.0 Å². The van der Waals surface area contributed by atoms with Gasteiger partial charge in [0.1, 0.15) is 5.52 Å². The number of oxazole rings is 1. The monoisotopic (exact) mass is 431 g/mol. The van der Waals surface area contributed by atoms with Crippen molar-refractivity contribution in [3.63, 3.8) is 0 Å². The lowest BCUT2D eigenvalue weighted by molar-refractivity contribution is 0.405. The fraction of sp³-hybridized carbons (Fsp3) is 0.429. The summed E-state index contributed by atoms with van der Waals surface area (Å²) in [4.78, 5) is 17.0. The van der Waals surface area contributed by atoms with Crippen molar-refractivity contribution in [2.24, 2.45) is 7.05 Å². The Hall–Kier alpha value is -2.49. The third kappa shape index (κ3) is 4.19. The highest BCUT2D eigenvalue weighted by atomic mass is 32.2. The number of rotatable bonds is 7. The summed E-state index contributed by atoms with van der Waals surface area (Å²) in [6, 6.07) is 5.65. The van der Waals surface area contributed by atoms with E-state index in [0.29, 0.717) is 24.5 Å². The molecular formula is C21H25N3O5S. The molecule has 1 fully saturated rings. The van der Waals surface area contributed by atoms with Crippen molar-refractivity contribution < 1.29 is 17.9 Å². The smallest absolute Gasteiger partial charge is 0.292 e. The summed E-state index contributed by atoms with van der Waals surface area (Å²) >= 11 is -2.05. The fourth-order valence-corrected chi connectivity index (χ4v) is 4.35. The largest absolute Gasteiger partial charge is 0.491 e. The van der Waals surface area contributed by atoms with Crippen LogP contribution in [0, 0.1) is 0 Å². The Bertz CT molecular complexity index is 1150. The molecule has 2 aromatic heterocycles. The van der Waals surface area contributed by atoms with Gasteiger partial charge >= 0.3 is 0 Å². The molecule has 9 heteroatoms. The minimum atomic E-state index is -2.05. The number of hydrogen-bond donors (Lipinski definition) is 2. The molecule has 1 aliphatic rings. The molecule has 0 radical (unpaired) electrons. The maximum Gasteiger partial charge on any atom is 0.292 e. The van der Waals surface area contributed by atoms with E-state index in [2.05, 4.69) is 4.72 Å². The van der Waals surface area contributed by atoms with Crippen LogP contribution in [0.5, 0.6) is 5.75 Å². The van der Waals surface area contributed by atoms with E-state index in [9.17, 15) is 9.00 Å². The number of hydrogen-bond acceptors (Lipinski definition) is 5. The van der Waals surface area contributed by atoms with Gasteiger partial charge in [0.2, 0.25) is 11.3 Å². The van der Waals surface area contributed by atoms with Gasteiger partial charge in [-0.15, -0.1) is 0 Å². The number of fused-ring (bicyclic) bond motifs is 1. The molecule has 3 aromatic rings. The normalized spacial score (nSPS) is 15.7. The van der Waals surface area contributed by atoms with E-state index in [1.54, 1.807) is 19.3 Å². The van der Waals surface area contributed by atoms with E-state index < -0.39 is 11.3 Å². The molecule has 1 unspecified atom stereocenters. The van der Waals surface area contributed by atoms with Crippen molar-refractivity contribution >= 4 is 22.4 Å². The van der Waals surface area contributed by atoms with Crippen LogP contribution >= 0.6 is 0 Å². The second-order valence-electron chi connectivity index (χ2n) is 7.63. The van der Waals surface area contributed by atoms with Gasteiger partial charge in [0.15, 0.2) is 17.2 Å². The first kappa shape index (κ1) is 20.8. The third-order valence-electron chi connectivity index (χ3n) is 5.59. The number of pyridine rings is 1. The van der Waals surface area contributed by atoms with Crippen LogP contribution in [0.15, 0.2) is 33.6 Å². The second kappa shape index (κ2) is 8.71. The molecule has 2 heterocycles. The Morgan fingerprint density at radius 1 is 1.33 bits per heavy atom. The number of aryl methyl sites for hydroxylation is 1. The number of nitrogens with zero attached hydrogens (tertiary/aromatic N) is 2. The maximum absolute atomic E-state index is 12.2. The summed E-state index contributed by atoms with van der Waals surface area (Å²) in [6.07, 6.45) is 6.82. The highest BCUT2D eigenvalue weighted by molar-refractivity contribution is 7.77. The van der Waals surface area contributed by atoms with Crippen LogP contribution < -0.4 is 15.0 Å². The molecule has 8 nitrogen and oxygen atoms in total. The Kier molecular flexibility index (Phi) is 6.03. The van der Waals surface area contributed by atoms with Crippen LogP contribution in [0.1, 0.15) is 43.1 Å². The molecule has 0 amide bonds. The number of methoxy groups -OCH3 is 1. The standard InChI is InChI=1S/C21H25N3O5S/c1-24-12-15(11-18(28-2)21(24)25)16-9-13(7-8-22-30(26)27)10-17-19(16)29-20(23-17)14-5-3-4-6-14/h9-12,14,22H,3-8H2,1-2H3,(H,26,27). The summed E-state index contributed by atoms with van der Waals surface area (Å²) in [5.41, 5.74) is 3.77. The molecule has 0 aliphatic heterocycles. The first-order valence-electron chi connectivity index (χ1n) is 9.99. The lowest BCUT2D eigenvalue weighted by atomic mass is 10.0. The van der Waals surface area contributed by atoms with Crippen LogP contribution in [0.2, 0.25) is 0 Å². The molecule has 30 heavy (non-hydrogen) atoms. The minimum Gasteiger partial charge on any atom is -0.491 e. The van der Waals surface area contributed by atoms with Crippen LogP contribution in [-0.2, 0) is 24.7 Å². The molecule has 2 N–H and O–H groups in total. The molecule has 1 atom stereocenters. The number of nitrogens with one attached hydrogen (secondary N) is 1. The highest BCUT2D eigenvalue weighted by Crippen LogP contribution is 2.38. The Morgan fingerprint density at radius 3 is 2.80 bits per heavy atom. The molecular weight excluding hydrogens is 406 g/mol. The predicted molar refractivity (Wildman–Crippen MR) is 115 cm³/mol. The predicted octanol–water partition coefficient (Wildman–Crippen LogP) is 3.13. The molecule has 0 saturated heterocycles. The van der Waals surface area contributed by atoms with E-state index in [1.807, 2.05) is 12.1 Å². The van der Waals surface area contributed by atoms with E-state index in [4.69, 9.17) is 18.7 Å². The van der Waals surface area contributed by atoms with Gasteiger partial charge in [0, 0.05) is 36.8 Å². The second-order valence-corrected chi connectivity index (χ2v) is 8.42. The zero-order chi connectivity index (χ0) is 21.3. The van der Waals surface area contributed by atoms with Crippen LogP contribution in [0.25, 0.3) is 22.2 Å². The van der Waals surface area contributed by atoms with E-state index in [1.165, 1.54) is 24.5 Å². The van der Waals surface area contributed by atoms with Crippen molar-refractivity contribution in [1.29, 1.82) is 0 Å². The van der Waals surface area contributed by atoms with Gasteiger partial charge in [-0.2, -0.15) is 0 Å². The summed E-state index contributed by atoms with van der Waals surface area (Å²) in [6.45, 7) is 0.345. The van der Waals surface area contributed by atoms with Gasteiger partial charge in [0.25, 0.3) is 5.56 Å². The number of ether oxygens (including phenoxy) is 1. The van der Waals surface area contributed by atoms with E-state index in [-0.39, 0.29) is 11.3 Å². The zero-order valence-electron chi connectivity index (χ0n) is 17.0. The molecule has 1 aliphatic carbocycles. The van der Waals surface area contributed by atoms with Gasteiger partial charge in [-0.1, -0.05) is 12.8 Å². The number of aromatic nitrogens is 2. The van der Waals surface area contributed by atoms with Crippen molar-refractivity contribution in [2.75, 3.05) is 13.7 Å². The van der Waals surface area contributed by atoms with Gasteiger partial charge < -0.3 is 13.7 Å². The van der Waals surface area contributed by atoms with Gasteiger partial charge in [0.05, 0.1) is 7.11 Å². The molecule has 1 saturated carbocycles. The molecule has 0 spiro atoms. The summed E-state index contributed by atoms with van der Waals surface area (Å²) in [7, 11) is 3.15. The lowest BCUT2D eigenvalue weighted by Crippen LogP contribution is -2.19. The zero-order valence-corrected chi connectivity index (χ0v) is 17.8. The summed E-state index contributed by atoms with van der Waals surface area (Å²) < 4.78 is 35.3. The molecule has 4 rings (SSSR count). The van der Waals surface area contributed by atoms with Crippen LogP contribution in [-0.4, -0.2) is 32.0 Å². The Labute approximate surface area is 176 Å². The van der Waals surface area contributed by atoms with Crippen molar-refractivity contribution in [3.8, 4) is 16.9 Å². The van der Waals surface area contributed by atoms with Crippen molar-refractivity contribution in [1.82, 2.24) is 14.3 Å². The molecule has 160 valence electrons. The fourth-order valence-electron chi connectivity index (χ4n) is 4.07. The van der Waals surface area contributed by atoms with E-state index in [0.717, 1.165) is 40.9 Å². The minimum absolute atomic E-state index is 0.215. The van der Waals surface area contributed by atoms with Gasteiger partial charge in [-0.05, 0) is 43.0 Å². The molecule has 0 bridgehead atoms. The van der Waals surface area contributed by atoms with Crippen molar-refractivity contribution in [3.05, 3.63) is 46.2 Å². The summed E-state index contributed by atoms with van der Waals surface area (Å²) in [5, 5.41) is 0. The first-order chi connectivity index (χ1) is 14.5. The van der Waals surface area contributed by atoms with Crippen LogP contribution in [0.4, 0.5) is 0 Å². The van der Waals surface area contributed by atoms with Gasteiger partial charge in [-0.25, -0.2) is 13.9 Å². The Balaban J connectivity index is 1.83. The highest BCUT2D eigenvalue weighted by Gasteiger charge is 2.24. The van der Waals surface area contributed by atoms with Crippen LogP contribution in [0.3, 0.4) is 0 Å². The topological polar surface area (TPSA) is 107 Å². The van der Waals surface area contributed by atoms with E-state index >= 15 is 0 Å². The van der Waals surface area contributed by atoms with Gasteiger partial charge in [-0.3, -0.25) is 9.35 Å².